The van der Waals surface area contributed by atoms with Crippen LogP contribution in [0, 0.1) is 6.92 Å². The lowest BCUT2D eigenvalue weighted by Gasteiger charge is -2.08. The molecule has 0 aliphatic rings. The second-order valence-electron chi connectivity index (χ2n) is 4.50. The SMILES string of the molecule is Cc1coc(Sc2ccc(/C(N)=N/O)c3ccccc23)n1. The smallest absolute Gasteiger partial charge is 0.260 e. The van der Waals surface area contributed by atoms with Crippen LogP contribution < -0.4 is 5.73 Å². The van der Waals surface area contributed by atoms with Crippen molar-refractivity contribution in [2.45, 2.75) is 17.0 Å². The molecule has 0 fully saturated rings. The van der Waals surface area contributed by atoms with E-state index in [1.54, 1.807) is 6.26 Å². The van der Waals surface area contributed by atoms with Crippen molar-refractivity contribution in [3.05, 3.63) is 53.9 Å². The third-order valence-electron chi connectivity index (χ3n) is 3.06. The van der Waals surface area contributed by atoms with Crippen LogP contribution in [0.15, 0.2) is 62.4 Å². The molecule has 0 saturated carbocycles. The maximum Gasteiger partial charge on any atom is 0.260 e. The first-order valence-electron chi connectivity index (χ1n) is 6.28. The van der Waals surface area contributed by atoms with Gasteiger partial charge in [0.2, 0.25) is 0 Å². The van der Waals surface area contributed by atoms with Crippen molar-refractivity contribution in [2.75, 3.05) is 0 Å². The molecule has 1 aromatic heterocycles. The Morgan fingerprint density at radius 1 is 1.24 bits per heavy atom. The van der Waals surface area contributed by atoms with Gasteiger partial charge in [0, 0.05) is 10.5 Å². The summed E-state index contributed by atoms with van der Waals surface area (Å²) in [6, 6.07) is 11.5. The summed E-state index contributed by atoms with van der Waals surface area (Å²) in [4.78, 5) is 5.30. The fourth-order valence-electron chi connectivity index (χ4n) is 2.11. The number of aryl methyl sites for hydroxylation is 1. The van der Waals surface area contributed by atoms with Crippen LogP contribution in [0.2, 0.25) is 0 Å². The zero-order valence-electron chi connectivity index (χ0n) is 11.3. The number of benzene rings is 2. The standard InChI is InChI=1S/C15H13N3O2S/c1-9-8-20-15(17-9)21-13-7-6-12(14(16)18-19)10-4-2-3-5-11(10)13/h2-8,19H,1H3,(H2,16,18). The summed E-state index contributed by atoms with van der Waals surface area (Å²) in [5.74, 6) is 0.0923. The highest BCUT2D eigenvalue weighted by Crippen LogP contribution is 2.34. The summed E-state index contributed by atoms with van der Waals surface area (Å²) in [5.41, 5.74) is 7.27. The molecule has 21 heavy (non-hydrogen) atoms. The lowest BCUT2D eigenvalue weighted by atomic mass is 10.0. The molecule has 0 aliphatic carbocycles. The number of aromatic nitrogens is 1. The van der Waals surface area contributed by atoms with Crippen LogP contribution in [0.5, 0.6) is 0 Å². The normalized spacial score (nSPS) is 12.0. The predicted octanol–water partition coefficient (Wildman–Crippen LogP) is 3.38. The van der Waals surface area contributed by atoms with Gasteiger partial charge < -0.3 is 15.4 Å². The van der Waals surface area contributed by atoms with E-state index in [1.165, 1.54) is 11.8 Å². The number of amidine groups is 1. The van der Waals surface area contributed by atoms with Crippen molar-refractivity contribution in [3.63, 3.8) is 0 Å². The summed E-state index contributed by atoms with van der Waals surface area (Å²) < 4.78 is 5.38. The van der Waals surface area contributed by atoms with E-state index in [4.69, 9.17) is 15.4 Å². The minimum atomic E-state index is 0.0923. The molecule has 1 heterocycles. The van der Waals surface area contributed by atoms with Gasteiger partial charge in [-0.3, -0.25) is 0 Å². The molecule has 3 aromatic rings. The molecule has 0 aliphatic heterocycles. The Balaban J connectivity index is 2.13. The third kappa shape index (κ3) is 2.57. The first kappa shape index (κ1) is 13.5. The third-order valence-corrected chi connectivity index (χ3v) is 4.00. The van der Waals surface area contributed by atoms with Crippen LogP contribution in [-0.4, -0.2) is 16.0 Å². The van der Waals surface area contributed by atoms with Gasteiger partial charge in [0.25, 0.3) is 5.22 Å². The number of oxazole rings is 1. The number of rotatable bonds is 3. The monoisotopic (exact) mass is 299 g/mol. The average Bonchev–Trinajstić information content (AvgIpc) is 2.92. The average molecular weight is 299 g/mol. The maximum atomic E-state index is 8.89. The lowest BCUT2D eigenvalue weighted by molar-refractivity contribution is 0.318. The van der Waals surface area contributed by atoms with Crippen LogP contribution in [-0.2, 0) is 0 Å². The van der Waals surface area contributed by atoms with Crippen molar-refractivity contribution in [2.24, 2.45) is 10.9 Å². The van der Waals surface area contributed by atoms with Crippen molar-refractivity contribution in [1.29, 1.82) is 0 Å². The minimum Gasteiger partial charge on any atom is -0.439 e. The van der Waals surface area contributed by atoms with Crippen molar-refractivity contribution in [1.82, 2.24) is 4.98 Å². The molecule has 3 rings (SSSR count). The van der Waals surface area contributed by atoms with E-state index >= 15 is 0 Å². The van der Waals surface area contributed by atoms with Gasteiger partial charge in [-0.25, -0.2) is 4.98 Å². The molecule has 0 spiro atoms. The highest BCUT2D eigenvalue weighted by Gasteiger charge is 2.11. The summed E-state index contributed by atoms with van der Waals surface area (Å²) in [5, 5.41) is 14.5. The van der Waals surface area contributed by atoms with Crippen LogP contribution >= 0.6 is 11.8 Å². The van der Waals surface area contributed by atoms with Crippen LogP contribution in [0.25, 0.3) is 10.8 Å². The molecule has 0 bridgehead atoms. The number of nitrogens with two attached hydrogens (primary N) is 1. The molecule has 0 atom stereocenters. The molecule has 5 nitrogen and oxygen atoms in total. The molecule has 0 saturated heterocycles. The Bertz CT molecular complexity index is 827. The van der Waals surface area contributed by atoms with Gasteiger partial charge in [-0.05, 0) is 41.6 Å². The number of fused-ring (bicyclic) bond motifs is 1. The molecule has 106 valence electrons. The van der Waals surface area contributed by atoms with E-state index in [0.717, 1.165) is 21.4 Å². The van der Waals surface area contributed by atoms with Crippen molar-refractivity contribution >= 4 is 28.4 Å². The summed E-state index contributed by atoms with van der Waals surface area (Å²) >= 11 is 1.44. The van der Waals surface area contributed by atoms with Gasteiger partial charge in [-0.15, -0.1) is 0 Å². The van der Waals surface area contributed by atoms with Gasteiger partial charge in [0.1, 0.15) is 6.26 Å². The number of hydrogen-bond donors (Lipinski definition) is 2. The van der Waals surface area contributed by atoms with Gasteiger partial charge >= 0.3 is 0 Å². The minimum absolute atomic E-state index is 0.0923. The highest BCUT2D eigenvalue weighted by molar-refractivity contribution is 7.99. The number of hydrogen-bond acceptors (Lipinski definition) is 5. The maximum absolute atomic E-state index is 8.89. The second-order valence-corrected chi connectivity index (χ2v) is 5.49. The lowest BCUT2D eigenvalue weighted by Crippen LogP contribution is -2.13. The topological polar surface area (TPSA) is 84.6 Å². The number of nitrogens with zero attached hydrogens (tertiary/aromatic N) is 2. The van der Waals surface area contributed by atoms with Gasteiger partial charge in [-0.2, -0.15) is 0 Å². The first-order valence-corrected chi connectivity index (χ1v) is 7.10. The summed E-state index contributed by atoms with van der Waals surface area (Å²) in [6.45, 7) is 1.88. The van der Waals surface area contributed by atoms with Crippen LogP contribution in [0.1, 0.15) is 11.3 Å². The zero-order chi connectivity index (χ0) is 14.8. The Kier molecular flexibility index (Phi) is 3.53. The largest absolute Gasteiger partial charge is 0.439 e. The quantitative estimate of drug-likeness (QED) is 0.335. The van der Waals surface area contributed by atoms with Crippen LogP contribution in [0.3, 0.4) is 0 Å². The Morgan fingerprint density at radius 2 is 2.00 bits per heavy atom. The van der Waals surface area contributed by atoms with E-state index in [2.05, 4.69) is 10.1 Å². The van der Waals surface area contributed by atoms with E-state index in [0.29, 0.717) is 10.8 Å². The second kappa shape index (κ2) is 5.49. The van der Waals surface area contributed by atoms with Gasteiger partial charge in [0.05, 0.1) is 5.69 Å². The molecule has 0 amide bonds. The van der Waals surface area contributed by atoms with E-state index in [-0.39, 0.29) is 5.84 Å². The van der Waals surface area contributed by atoms with Gasteiger partial charge in [-0.1, -0.05) is 29.4 Å². The molecular weight excluding hydrogens is 286 g/mol. The molecule has 2 aromatic carbocycles. The highest BCUT2D eigenvalue weighted by atomic mass is 32.2. The molecule has 3 N–H and O–H groups in total. The predicted molar refractivity (Wildman–Crippen MR) is 81.8 cm³/mol. The van der Waals surface area contributed by atoms with E-state index in [1.807, 2.05) is 43.3 Å². The Morgan fingerprint density at radius 3 is 2.67 bits per heavy atom. The van der Waals surface area contributed by atoms with Gasteiger partial charge in [0.15, 0.2) is 5.84 Å². The summed E-state index contributed by atoms with van der Waals surface area (Å²) in [6.07, 6.45) is 1.62. The molecule has 0 unspecified atom stereocenters. The van der Waals surface area contributed by atoms with Crippen molar-refractivity contribution in [3.8, 4) is 0 Å². The fourth-order valence-corrected chi connectivity index (χ4v) is 3.01. The van der Waals surface area contributed by atoms with Crippen molar-refractivity contribution < 1.29 is 9.62 Å². The Hall–Kier alpha value is -2.47. The van der Waals surface area contributed by atoms with E-state index < -0.39 is 0 Å². The first-order chi connectivity index (χ1) is 10.2. The zero-order valence-corrected chi connectivity index (χ0v) is 12.1. The Labute approximate surface area is 125 Å². The molecule has 6 heteroatoms. The number of oxime groups is 1. The van der Waals surface area contributed by atoms with E-state index in [9.17, 15) is 0 Å². The van der Waals surface area contributed by atoms with Crippen LogP contribution in [0.4, 0.5) is 0 Å². The molecular formula is C15H13N3O2S. The fraction of sp³-hybridized carbons (Fsp3) is 0.0667. The summed E-state index contributed by atoms with van der Waals surface area (Å²) in [7, 11) is 0. The molecule has 0 radical (unpaired) electrons.